The maximum atomic E-state index is 10.3. The summed E-state index contributed by atoms with van der Waals surface area (Å²) >= 11 is 0. The molecule has 0 heterocycles. The monoisotopic (exact) mass is 283 g/mol. The number of aromatic hydroxyl groups is 1. The van der Waals surface area contributed by atoms with E-state index in [4.69, 9.17) is 5.11 Å². The van der Waals surface area contributed by atoms with Crippen molar-refractivity contribution in [1.29, 1.82) is 0 Å². The van der Waals surface area contributed by atoms with Gasteiger partial charge >= 0.3 is 0 Å². The number of hydrogen-bond acceptors (Lipinski definition) is 3. The average Bonchev–Trinajstić information content (AvgIpc) is 2.45. The molecule has 0 saturated carbocycles. The molecular formula is C17H33NO2. The van der Waals surface area contributed by atoms with E-state index in [-0.39, 0.29) is 5.78 Å². The first-order valence-corrected chi connectivity index (χ1v) is 7.40. The van der Waals surface area contributed by atoms with Crippen LogP contribution >= 0.6 is 0 Å². The fourth-order valence-electron chi connectivity index (χ4n) is 0.893. The van der Waals surface area contributed by atoms with Crippen LogP contribution in [0, 0.1) is 6.92 Å². The van der Waals surface area contributed by atoms with Crippen LogP contribution in [0.5, 0.6) is 5.75 Å². The van der Waals surface area contributed by atoms with E-state index in [0.29, 0.717) is 18.3 Å². The Morgan fingerprint density at radius 1 is 1.10 bits per heavy atom. The van der Waals surface area contributed by atoms with Gasteiger partial charge in [0.1, 0.15) is 11.5 Å². The van der Waals surface area contributed by atoms with E-state index in [1.165, 1.54) is 5.56 Å². The number of hydrogen-bond donors (Lipinski definition) is 2. The van der Waals surface area contributed by atoms with Gasteiger partial charge in [-0.15, -0.1) is 0 Å². The zero-order valence-corrected chi connectivity index (χ0v) is 14.4. The molecule has 0 fully saturated rings. The quantitative estimate of drug-likeness (QED) is 0.868. The Morgan fingerprint density at radius 2 is 1.50 bits per heavy atom. The number of phenols is 1. The Hall–Kier alpha value is -1.35. The van der Waals surface area contributed by atoms with Crippen LogP contribution in [0.4, 0.5) is 0 Å². The van der Waals surface area contributed by atoms with Crippen molar-refractivity contribution < 1.29 is 9.90 Å². The molecule has 0 saturated heterocycles. The molecule has 118 valence electrons. The number of aryl methyl sites for hydroxylation is 1. The third-order valence-corrected chi connectivity index (χ3v) is 1.79. The Balaban J connectivity index is -0.000000231. The molecule has 0 unspecified atom stereocenters. The van der Waals surface area contributed by atoms with E-state index < -0.39 is 0 Å². The summed E-state index contributed by atoms with van der Waals surface area (Å²) in [4.78, 5) is 10.3. The molecule has 0 aliphatic heterocycles. The minimum atomic E-state index is 0.193. The van der Waals surface area contributed by atoms with E-state index in [1.807, 2.05) is 60.6 Å². The Morgan fingerprint density at radius 3 is 1.70 bits per heavy atom. The standard InChI is InChI=1S/C7H8O.C6H13NO.2C2H6/c1-6-2-4-7(8)5-3-6;1-5(2)7-4-6(3)8;2*1-2/h2-5,8H,1H3;5,7H,4H2,1-3H3;2*1-2H3. The number of Topliss-reactive ketones (excluding diaryl/α,β-unsaturated/α-hetero) is 1. The van der Waals surface area contributed by atoms with Gasteiger partial charge in [-0.3, -0.25) is 4.79 Å². The topological polar surface area (TPSA) is 49.3 Å². The first-order valence-electron chi connectivity index (χ1n) is 7.40. The summed E-state index contributed by atoms with van der Waals surface area (Å²) in [6, 6.07) is 7.51. The molecule has 2 N–H and O–H groups in total. The van der Waals surface area contributed by atoms with Gasteiger partial charge in [-0.2, -0.15) is 0 Å². The second kappa shape index (κ2) is 17.6. The maximum Gasteiger partial charge on any atom is 0.143 e. The van der Waals surface area contributed by atoms with Crippen LogP contribution in [-0.4, -0.2) is 23.5 Å². The highest BCUT2D eigenvalue weighted by atomic mass is 16.3. The number of nitrogens with one attached hydrogen (secondary N) is 1. The molecule has 0 bridgehead atoms. The van der Waals surface area contributed by atoms with Crippen molar-refractivity contribution in [2.75, 3.05) is 6.54 Å². The summed E-state index contributed by atoms with van der Waals surface area (Å²) in [5.74, 6) is 0.523. The zero-order valence-electron chi connectivity index (χ0n) is 14.4. The smallest absolute Gasteiger partial charge is 0.143 e. The highest BCUT2D eigenvalue weighted by molar-refractivity contribution is 5.77. The predicted molar refractivity (Wildman–Crippen MR) is 89.4 cm³/mol. The molecule has 20 heavy (non-hydrogen) atoms. The zero-order chi connectivity index (χ0) is 16.6. The van der Waals surface area contributed by atoms with E-state index in [0.717, 1.165) is 0 Å². The fourth-order valence-corrected chi connectivity index (χ4v) is 0.893. The van der Waals surface area contributed by atoms with Gasteiger partial charge in [-0.25, -0.2) is 0 Å². The van der Waals surface area contributed by atoms with Crippen LogP contribution in [0.2, 0.25) is 0 Å². The van der Waals surface area contributed by atoms with E-state index in [1.54, 1.807) is 19.1 Å². The van der Waals surface area contributed by atoms with Crippen molar-refractivity contribution in [2.24, 2.45) is 0 Å². The minimum Gasteiger partial charge on any atom is -0.508 e. The summed E-state index contributed by atoms with van der Waals surface area (Å²) in [6.07, 6.45) is 0. The molecule has 0 atom stereocenters. The lowest BCUT2D eigenvalue weighted by Crippen LogP contribution is -2.27. The van der Waals surface area contributed by atoms with Gasteiger partial charge in [0, 0.05) is 6.04 Å². The first kappa shape index (κ1) is 23.7. The van der Waals surface area contributed by atoms with E-state index in [2.05, 4.69) is 5.32 Å². The molecule has 1 aromatic carbocycles. The summed E-state index contributed by atoms with van der Waals surface area (Å²) in [7, 11) is 0. The summed E-state index contributed by atoms with van der Waals surface area (Å²) in [5, 5.41) is 11.8. The molecular weight excluding hydrogens is 250 g/mol. The first-order chi connectivity index (χ1) is 9.41. The molecule has 3 heteroatoms. The van der Waals surface area contributed by atoms with Crippen molar-refractivity contribution in [1.82, 2.24) is 5.32 Å². The van der Waals surface area contributed by atoms with Crippen LogP contribution in [0.3, 0.4) is 0 Å². The van der Waals surface area contributed by atoms with Gasteiger partial charge in [0.25, 0.3) is 0 Å². The van der Waals surface area contributed by atoms with Crippen molar-refractivity contribution >= 4 is 5.78 Å². The van der Waals surface area contributed by atoms with Gasteiger partial charge in [0.15, 0.2) is 0 Å². The maximum absolute atomic E-state index is 10.3. The summed E-state index contributed by atoms with van der Waals surface area (Å²) in [5.41, 5.74) is 1.17. The molecule has 0 aliphatic rings. The van der Waals surface area contributed by atoms with Crippen LogP contribution in [0.25, 0.3) is 0 Å². The molecule has 0 aromatic heterocycles. The van der Waals surface area contributed by atoms with Gasteiger partial charge in [0.2, 0.25) is 0 Å². The van der Waals surface area contributed by atoms with E-state index in [9.17, 15) is 4.79 Å². The molecule has 3 nitrogen and oxygen atoms in total. The lowest BCUT2D eigenvalue weighted by Gasteiger charge is -2.03. The summed E-state index contributed by atoms with van der Waals surface area (Å²) < 4.78 is 0. The van der Waals surface area contributed by atoms with Gasteiger partial charge in [-0.1, -0.05) is 59.2 Å². The largest absolute Gasteiger partial charge is 0.508 e. The second-order valence-electron chi connectivity index (χ2n) is 4.07. The van der Waals surface area contributed by atoms with Gasteiger partial charge in [-0.05, 0) is 26.0 Å². The van der Waals surface area contributed by atoms with Crippen LogP contribution in [0.1, 0.15) is 54.0 Å². The van der Waals surface area contributed by atoms with Crippen LogP contribution < -0.4 is 5.32 Å². The predicted octanol–water partition coefficient (Wildman–Crippen LogP) is 4.33. The minimum absolute atomic E-state index is 0.193. The van der Waals surface area contributed by atoms with Crippen molar-refractivity contribution in [3.8, 4) is 5.75 Å². The molecule has 0 amide bonds. The molecule has 1 aromatic rings. The van der Waals surface area contributed by atoms with Crippen molar-refractivity contribution in [3.63, 3.8) is 0 Å². The highest BCUT2D eigenvalue weighted by Crippen LogP contribution is 2.07. The van der Waals surface area contributed by atoms with Crippen molar-refractivity contribution in [2.45, 2.75) is 61.4 Å². The number of ketones is 1. The number of phenolic OH excluding ortho intramolecular Hbond substituents is 1. The Bertz CT molecular complexity index is 284. The third-order valence-electron chi connectivity index (χ3n) is 1.79. The Labute approximate surface area is 125 Å². The fraction of sp³-hybridized carbons (Fsp3) is 0.588. The number of benzene rings is 1. The molecule has 0 radical (unpaired) electrons. The lowest BCUT2D eigenvalue weighted by atomic mass is 10.2. The molecule has 1 rings (SSSR count). The van der Waals surface area contributed by atoms with E-state index >= 15 is 0 Å². The van der Waals surface area contributed by atoms with Gasteiger partial charge in [0.05, 0.1) is 6.54 Å². The van der Waals surface area contributed by atoms with Gasteiger partial charge < -0.3 is 10.4 Å². The van der Waals surface area contributed by atoms with Crippen molar-refractivity contribution in [3.05, 3.63) is 29.8 Å². The number of carbonyl (C=O) groups is 1. The number of rotatable bonds is 3. The average molecular weight is 283 g/mol. The highest BCUT2D eigenvalue weighted by Gasteiger charge is 1.92. The normalized spacial score (nSPS) is 8.25. The lowest BCUT2D eigenvalue weighted by molar-refractivity contribution is -0.116. The Kier molecular flexibility index (Phi) is 20.9. The third kappa shape index (κ3) is 21.9. The molecule has 0 aliphatic carbocycles. The van der Waals surface area contributed by atoms with Crippen LogP contribution in [0.15, 0.2) is 24.3 Å². The second-order valence-corrected chi connectivity index (χ2v) is 4.07. The number of carbonyl (C=O) groups excluding carboxylic acids is 1. The SMILES string of the molecule is CC.CC.CC(=O)CNC(C)C.Cc1ccc(O)cc1. The molecule has 0 spiro atoms. The van der Waals surface area contributed by atoms with Crippen LogP contribution in [-0.2, 0) is 4.79 Å². The summed E-state index contributed by atoms with van der Waals surface area (Å²) in [6.45, 7) is 16.1.